The molecule has 0 aromatic rings. The highest BCUT2D eigenvalue weighted by Crippen LogP contribution is 2.17. The summed E-state index contributed by atoms with van der Waals surface area (Å²) >= 11 is 0. The number of hydrogen-bond donors (Lipinski definition) is 5. The van der Waals surface area contributed by atoms with E-state index in [1.165, 1.54) is 218 Å². The molecule has 0 heterocycles. The monoisotopic (exact) mass is 928 g/mol. The molecule has 0 radical (unpaired) electrons. The minimum atomic E-state index is -1.29. The van der Waals surface area contributed by atoms with Crippen LogP contribution < -0.4 is 5.32 Å². The quantitative estimate of drug-likeness (QED) is 0.0308. The summed E-state index contributed by atoms with van der Waals surface area (Å²) < 4.78 is 0. The van der Waals surface area contributed by atoms with Crippen LogP contribution in [0.15, 0.2) is 48.6 Å². The molecule has 1 amide bonds. The van der Waals surface area contributed by atoms with Gasteiger partial charge < -0.3 is 25.7 Å². The molecule has 0 aliphatic carbocycles. The normalized spacial score (nSPS) is 14.1. The maximum Gasteiger partial charge on any atom is 0.249 e. The van der Waals surface area contributed by atoms with Crippen molar-refractivity contribution in [2.24, 2.45) is 0 Å². The number of rotatable bonds is 53. The lowest BCUT2D eigenvalue weighted by Gasteiger charge is -2.27. The van der Waals surface area contributed by atoms with Crippen LogP contribution >= 0.6 is 0 Å². The number of aliphatic hydroxyl groups is 4. The van der Waals surface area contributed by atoms with Crippen LogP contribution in [0.1, 0.15) is 296 Å². The third-order valence-electron chi connectivity index (χ3n) is 13.5. The average molecular weight is 929 g/mol. The summed E-state index contributed by atoms with van der Waals surface area (Å²) in [7, 11) is 0. The molecule has 0 fully saturated rings. The van der Waals surface area contributed by atoms with Gasteiger partial charge in [-0.2, -0.15) is 0 Å². The number of unbranched alkanes of at least 4 members (excludes halogenated alkanes) is 36. The lowest BCUT2D eigenvalue weighted by Crippen LogP contribution is -2.53. The van der Waals surface area contributed by atoms with Crippen LogP contribution in [0.4, 0.5) is 0 Å². The van der Waals surface area contributed by atoms with Gasteiger partial charge in [-0.25, -0.2) is 0 Å². The first kappa shape index (κ1) is 64.3. The average Bonchev–Trinajstić information content (AvgIpc) is 3.32. The van der Waals surface area contributed by atoms with Gasteiger partial charge in [-0.1, -0.05) is 262 Å². The second kappa shape index (κ2) is 54.2. The van der Waals surface area contributed by atoms with E-state index in [9.17, 15) is 25.2 Å². The Hall–Kier alpha value is -1.73. The summed E-state index contributed by atoms with van der Waals surface area (Å²) in [5.41, 5.74) is 0. The van der Waals surface area contributed by atoms with Gasteiger partial charge in [-0.05, 0) is 83.5 Å². The third kappa shape index (κ3) is 47.3. The van der Waals surface area contributed by atoms with Crippen molar-refractivity contribution in [2.45, 2.75) is 321 Å². The van der Waals surface area contributed by atoms with Crippen LogP contribution in [0, 0.1) is 0 Å². The maximum absolute atomic E-state index is 12.6. The molecule has 5 N–H and O–H groups in total. The third-order valence-corrected chi connectivity index (χ3v) is 13.5. The van der Waals surface area contributed by atoms with E-state index in [2.05, 4.69) is 67.8 Å². The van der Waals surface area contributed by atoms with E-state index < -0.39 is 36.9 Å². The van der Waals surface area contributed by atoms with Crippen molar-refractivity contribution in [3.05, 3.63) is 48.6 Å². The molecule has 0 aliphatic heterocycles. The number of hydrogen-bond acceptors (Lipinski definition) is 5. The number of carbonyl (C=O) groups excluding carboxylic acids is 1. The fraction of sp³-hybridized carbons (Fsp3) is 0.850. The Morgan fingerprint density at radius 1 is 0.379 bits per heavy atom. The van der Waals surface area contributed by atoms with Crippen LogP contribution in [0.3, 0.4) is 0 Å². The number of amides is 1. The summed E-state index contributed by atoms with van der Waals surface area (Å²) in [6, 6.07) is -1.01. The summed E-state index contributed by atoms with van der Waals surface area (Å²) in [5.74, 6) is -0.597. The number of nitrogens with one attached hydrogen (secondary N) is 1. The minimum absolute atomic E-state index is 0.358. The molecular weight excluding hydrogens is 815 g/mol. The Morgan fingerprint density at radius 2 is 0.682 bits per heavy atom. The van der Waals surface area contributed by atoms with Crippen LogP contribution in [-0.2, 0) is 4.79 Å². The predicted molar refractivity (Wildman–Crippen MR) is 288 cm³/mol. The summed E-state index contributed by atoms with van der Waals surface area (Å²) in [5, 5.41) is 44.0. The largest absolute Gasteiger partial charge is 0.394 e. The van der Waals surface area contributed by atoms with Crippen LogP contribution in [0.2, 0.25) is 0 Å². The summed E-state index contributed by atoms with van der Waals surface area (Å²) in [6.45, 7) is 4.06. The van der Waals surface area contributed by atoms with Crippen LogP contribution in [0.25, 0.3) is 0 Å². The molecule has 0 saturated carbocycles. The molecule has 6 heteroatoms. The number of carbonyl (C=O) groups is 1. The Kier molecular flexibility index (Phi) is 52.8. The van der Waals surface area contributed by atoms with Gasteiger partial charge in [0.1, 0.15) is 12.2 Å². The van der Waals surface area contributed by atoms with Crippen molar-refractivity contribution < 1.29 is 25.2 Å². The Labute approximate surface area is 410 Å². The van der Waals surface area contributed by atoms with E-state index in [1.807, 2.05) is 0 Å². The maximum atomic E-state index is 12.6. The summed E-state index contributed by atoms with van der Waals surface area (Å²) in [4.78, 5) is 12.6. The number of aliphatic hydroxyl groups excluding tert-OH is 4. The van der Waals surface area contributed by atoms with Gasteiger partial charge in [-0.15, -0.1) is 0 Å². The lowest BCUT2D eigenvalue weighted by atomic mass is 10.00. The molecule has 0 rings (SSSR count). The zero-order chi connectivity index (χ0) is 48.1. The first-order valence-corrected chi connectivity index (χ1v) is 29.0. The SMILES string of the molecule is CCCCCCCCCCC/C=C\C/C=C\CCCCCCCCCCCCCCC(O)C(=O)NC(CO)C(O)C(O)CCC/C=C/CC/C=C/CCCCCCCCCCCCCCC. The van der Waals surface area contributed by atoms with Crippen LogP contribution in [-0.4, -0.2) is 57.3 Å². The van der Waals surface area contributed by atoms with E-state index in [0.717, 1.165) is 44.9 Å². The number of allylic oxidation sites excluding steroid dienone is 8. The smallest absolute Gasteiger partial charge is 0.249 e. The van der Waals surface area contributed by atoms with E-state index in [-0.39, 0.29) is 0 Å². The van der Waals surface area contributed by atoms with Gasteiger partial charge in [0.25, 0.3) is 0 Å². The van der Waals surface area contributed by atoms with Crippen molar-refractivity contribution >= 4 is 5.91 Å². The highest BCUT2D eigenvalue weighted by Gasteiger charge is 2.28. The second-order valence-electron chi connectivity index (χ2n) is 20.0. The highest BCUT2D eigenvalue weighted by molar-refractivity contribution is 5.80. The highest BCUT2D eigenvalue weighted by atomic mass is 16.3. The van der Waals surface area contributed by atoms with Crippen molar-refractivity contribution in [3.8, 4) is 0 Å². The molecule has 0 bridgehead atoms. The van der Waals surface area contributed by atoms with E-state index in [1.54, 1.807) is 0 Å². The molecule has 0 saturated heterocycles. The topological polar surface area (TPSA) is 110 Å². The van der Waals surface area contributed by atoms with Gasteiger partial charge in [-0.3, -0.25) is 4.79 Å². The molecule has 388 valence electrons. The first-order chi connectivity index (χ1) is 32.5. The standard InChI is InChI=1S/C60H113NO5/c1-3-5-7-9-11-13-15-17-19-21-23-25-27-28-29-30-31-32-34-36-38-40-42-44-46-48-50-52-54-58(64)60(66)61-56(55-62)59(65)57(63)53-51-49-47-45-43-41-39-37-35-33-26-24-22-20-18-16-14-12-10-8-6-4-2/h23,25,28-29,37,39,45,47,56-59,62-65H,3-22,24,26-27,30-36,38,40-44,46,48-55H2,1-2H3,(H,61,66)/b25-23-,29-28-,39-37+,47-45+. The van der Waals surface area contributed by atoms with Gasteiger partial charge in [0.2, 0.25) is 5.91 Å². The van der Waals surface area contributed by atoms with Crippen molar-refractivity contribution in [3.63, 3.8) is 0 Å². The van der Waals surface area contributed by atoms with Crippen molar-refractivity contribution in [2.75, 3.05) is 6.61 Å². The fourth-order valence-corrected chi connectivity index (χ4v) is 8.92. The minimum Gasteiger partial charge on any atom is -0.394 e. The molecule has 0 aliphatic rings. The van der Waals surface area contributed by atoms with E-state index in [0.29, 0.717) is 19.3 Å². The molecule has 0 aromatic carbocycles. The molecule has 66 heavy (non-hydrogen) atoms. The van der Waals surface area contributed by atoms with Gasteiger partial charge in [0.15, 0.2) is 0 Å². The van der Waals surface area contributed by atoms with Crippen molar-refractivity contribution in [1.29, 1.82) is 0 Å². The predicted octanol–water partition coefficient (Wildman–Crippen LogP) is 17.0. The first-order valence-electron chi connectivity index (χ1n) is 29.0. The van der Waals surface area contributed by atoms with E-state index >= 15 is 0 Å². The molecular formula is C60H113NO5. The molecule has 4 unspecified atom stereocenters. The van der Waals surface area contributed by atoms with E-state index in [4.69, 9.17) is 0 Å². The lowest BCUT2D eigenvalue weighted by molar-refractivity contribution is -0.132. The second-order valence-corrected chi connectivity index (χ2v) is 20.0. The molecule has 0 spiro atoms. The van der Waals surface area contributed by atoms with Gasteiger partial charge in [0, 0.05) is 0 Å². The molecule has 6 nitrogen and oxygen atoms in total. The molecule has 0 aromatic heterocycles. The summed E-state index contributed by atoms with van der Waals surface area (Å²) in [6.07, 6.45) is 69.0. The Balaban J connectivity index is 3.68. The zero-order valence-corrected chi connectivity index (χ0v) is 43.9. The Morgan fingerprint density at radius 3 is 1.05 bits per heavy atom. The molecule has 4 atom stereocenters. The van der Waals surface area contributed by atoms with Crippen LogP contribution in [0.5, 0.6) is 0 Å². The van der Waals surface area contributed by atoms with Gasteiger partial charge >= 0.3 is 0 Å². The Bertz CT molecular complexity index is 1090. The van der Waals surface area contributed by atoms with Gasteiger partial charge in [0.05, 0.1) is 18.8 Å². The zero-order valence-electron chi connectivity index (χ0n) is 43.9. The fourth-order valence-electron chi connectivity index (χ4n) is 8.92. The van der Waals surface area contributed by atoms with Crippen molar-refractivity contribution in [1.82, 2.24) is 5.32 Å².